The number of unbranched alkanes of at least 4 members (excludes halogenated alkanes) is 6. The molecule has 0 aliphatic rings. The third-order valence-electron chi connectivity index (χ3n) is 5.41. The van der Waals surface area contributed by atoms with Gasteiger partial charge in [0, 0.05) is 23.5 Å². The van der Waals surface area contributed by atoms with Crippen LogP contribution in [-0.2, 0) is 9.59 Å². The van der Waals surface area contributed by atoms with Crippen LogP contribution >= 0.6 is 0 Å². The molecule has 8 heteroatoms. The highest BCUT2D eigenvalue weighted by molar-refractivity contribution is 5.98. The van der Waals surface area contributed by atoms with E-state index < -0.39 is 17.7 Å². The highest BCUT2D eigenvalue weighted by atomic mass is 16.2. The largest absolute Gasteiger partial charge is 0.366 e. The predicted octanol–water partition coefficient (Wildman–Crippen LogP) is 2.68. The molecule has 0 fully saturated rings. The molecule has 0 aromatic heterocycles. The van der Waals surface area contributed by atoms with Gasteiger partial charge in [0.2, 0.25) is 17.7 Å². The zero-order valence-electron chi connectivity index (χ0n) is 19.0. The van der Waals surface area contributed by atoms with Crippen molar-refractivity contribution in [1.82, 2.24) is 5.32 Å². The van der Waals surface area contributed by atoms with E-state index in [1.54, 1.807) is 0 Å². The van der Waals surface area contributed by atoms with Gasteiger partial charge in [0.05, 0.1) is 0 Å². The van der Waals surface area contributed by atoms with Gasteiger partial charge in [0.15, 0.2) is 0 Å². The average Bonchev–Trinajstić information content (AvgIpc) is 2.77. The van der Waals surface area contributed by atoms with E-state index >= 15 is 0 Å². The normalized spacial score (nSPS) is 11.4. The van der Waals surface area contributed by atoms with Crippen LogP contribution in [0.25, 0.3) is 0 Å². The summed E-state index contributed by atoms with van der Waals surface area (Å²) < 4.78 is 0. The van der Waals surface area contributed by atoms with Gasteiger partial charge in [-0.2, -0.15) is 0 Å². The molecule has 1 aromatic rings. The van der Waals surface area contributed by atoms with Crippen LogP contribution in [0.5, 0.6) is 0 Å². The highest BCUT2D eigenvalue weighted by Gasteiger charge is 2.25. The van der Waals surface area contributed by atoms with Crippen LogP contribution in [0.2, 0.25) is 0 Å². The molecule has 176 valence electrons. The second-order valence-corrected chi connectivity index (χ2v) is 7.95. The number of carbonyl (C=O) groups excluding carboxylic acids is 4. The summed E-state index contributed by atoms with van der Waals surface area (Å²) in [5.74, 6) is -0.508. The van der Waals surface area contributed by atoms with Gasteiger partial charge in [-0.05, 0) is 49.6 Å². The Labute approximate surface area is 190 Å². The van der Waals surface area contributed by atoms with Gasteiger partial charge in [0.25, 0.3) is 0 Å². The number of benzene rings is 1. The molecule has 0 bridgehead atoms. The average molecular weight is 445 g/mol. The second kappa shape index (κ2) is 14.9. The fourth-order valence-electron chi connectivity index (χ4n) is 3.64. The minimum absolute atomic E-state index is 0.0159. The zero-order chi connectivity index (χ0) is 23.9. The van der Waals surface area contributed by atoms with E-state index in [-0.39, 0.29) is 29.2 Å². The van der Waals surface area contributed by atoms with Gasteiger partial charge in [-0.3, -0.25) is 14.4 Å². The van der Waals surface area contributed by atoms with Crippen molar-refractivity contribution >= 4 is 23.7 Å². The number of carbonyl (C=O) groups is 3. The third-order valence-corrected chi connectivity index (χ3v) is 5.41. The first-order chi connectivity index (χ1) is 15.3. The Bertz CT molecular complexity index is 831. The minimum Gasteiger partial charge on any atom is -0.366 e. The Balaban J connectivity index is 3.07. The van der Waals surface area contributed by atoms with Crippen LogP contribution in [0.15, 0.2) is 23.9 Å². The molecule has 0 saturated carbocycles. The summed E-state index contributed by atoms with van der Waals surface area (Å²) in [6, 6.07) is 4.27. The number of hydrogen-bond donors (Lipinski definition) is 4. The lowest BCUT2D eigenvalue weighted by atomic mass is 9.86. The molecule has 0 heterocycles. The minimum atomic E-state index is -0.705. The summed E-state index contributed by atoms with van der Waals surface area (Å²) in [6.45, 7) is 2.61. The van der Waals surface area contributed by atoms with Crippen molar-refractivity contribution in [1.29, 1.82) is 0 Å². The zero-order valence-corrected chi connectivity index (χ0v) is 19.0. The fraction of sp³-hybridized carbons (Fsp3) is 0.542. The van der Waals surface area contributed by atoms with E-state index in [2.05, 4.69) is 12.2 Å². The van der Waals surface area contributed by atoms with Gasteiger partial charge in [-0.15, -0.1) is 0 Å². The van der Waals surface area contributed by atoms with E-state index in [1.165, 1.54) is 24.6 Å². The van der Waals surface area contributed by atoms with Crippen molar-refractivity contribution < 1.29 is 19.2 Å². The molecular formula is C24H36N4O4. The van der Waals surface area contributed by atoms with Crippen LogP contribution in [0.1, 0.15) is 103 Å². The van der Waals surface area contributed by atoms with Crippen LogP contribution in [0.3, 0.4) is 0 Å². The molecule has 32 heavy (non-hydrogen) atoms. The highest BCUT2D eigenvalue weighted by Crippen LogP contribution is 2.31. The molecule has 1 unspecified atom stereocenters. The standard InChI is InChI=1S/C24H36N4O4/c1-2-3-4-5-6-7-11-22(30)28-21(16-29)18(10-8-9-14-25)20-15-17(23(26)31)12-13-19(20)24(27)32/h12-13,15,18H,2-11,14,25H2,1H3,(H2,26,31)(H2,27,32)(H,28,30). The first-order valence-corrected chi connectivity index (χ1v) is 11.3. The lowest BCUT2D eigenvalue weighted by Crippen LogP contribution is -2.28. The van der Waals surface area contributed by atoms with E-state index in [4.69, 9.17) is 17.2 Å². The monoisotopic (exact) mass is 444 g/mol. The van der Waals surface area contributed by atoms with Crippen molar-refractivity contribution in [2.45, 2.75) is 77.0 Å². The molecule has 1 atom stereocenters. The summed E-state index contributed by atoms with van der Waals surface area (Å²) in [7, 11) is 0. The Hall–Kier alpha value is -2.96. The molecule has 0 aliphatic heterocycles. The Morgan fingerprint density at radius 3 is 2.25 bits per heavy atom. The molecule has 8 nitrogen and oxygen atoms in total. The lowest BCUT2D eigenvalue weighted by Gasteiger charge is -2.22. The van der Waals surface area contributed by atoms with E-state index in [9.17, 15) is 19.2 Å². The summed E-state index contributed by atoms with van der Waals surface area (Å²) in [5.41, 5.74) is 17.2. The van der Waals surface area contributed by atoms with Crippen LogP contribution in [-0.4, -0.2) is 30.2 Å². The second-order valence-electron chi connectivity index (χ2n) is 7.95. The van der Waals surface area contributed by atoms with E-state index in [1.807, 2.05) is 5.94 Å². The van der Waals surface area contributed by atoms with Crippen LogP contribution < -0.4 is 22.5 Å². The number of nitrogens with one attached hydrogen (secondary N) is 1. The first kappa shape index (κ1) is 27.1. The Morgan fingerprint density at radius 1 is 0.969 bits per heavy atom. The molecule has 1 rings (SSSR count). The molecule has 1 aromatic carbocycles. The Kier molecular flexibility index (Phi) is 12.6. The third kappa shape index (κ3) is 9.04. The topological polar surface area (TPSA) is 158 Å². The fourth-order valence-corrected chi connectivity index (χ4v) is 3.64. The number of nitrogens with two attached hydrogens (primary N) is 3. The van der Waals surface area contributed by atoms with Gasteiger partial charge >= 0.3 is 0 Å². The summed E-state index contributed by atoms with van der Waals surface area (Å²) in [5, 5.41) is 2.66. The Morgan fingerprint density at radius 2 is 1.66 bits per heavy atom. The SMILES string of the molecule is CCCCCCCCC(=O)NC(=C=O)C(CCCCN)c1cc(C(N)=O)ccc1C(N)=O. The quantitative estimate of drug-likeness (QED) is 0.227. The van der Waals surface area contributed by atoms with Crippen molar-refractivity contribution in [3.63, 3.8) is 0 Å². The molecule has 3 amide bonds. The molecule has 0 saturated heterocycles. The van der Waals surface area contributed by atoms with E-state index in [0.29, 0.717) is 31.4 Å². The smallest absolute Gasteiger partial charge is 0.249 e. The van der Waals surface area contributed by atoms with Crippen LogP contribution in [0.4, 0.5) is 0 Å². The number of allylic oxidation sites excluding steroid dienone is 1. The maximum atomic E-state index is 12.5. The number of primary amides is 2. The summed E-state index contributed by atoms with van der Waals surface area (Å²) in [6.07, 6.45) is 8.26. The van der Waals surface area contributed by atoms with Gasteiger partial charge in [-0.1, -0.05) is 45.4 Å². The number of hydrogen-bond acceptors (Lipinski definition) is 5. The van der Waals surface area contributed by atoms with Gasteiger partial charge in [-0.25, -0.2) is 4.79 Å². The number of rotatable bonds is 16. The summed E-state index contributed by atoms with van der Waals surface area (Å²) >= 11 is 0. The van der Waals surface area contributed by atoms with Crippen molar-refractivity contribution in [2.24, 2.45) is 17.2 Å². The van der Waals surface area contributed by atoms with Gasteiger partial charge < -0.3 is 22.5 Å². The lowest BCUT2D eigenvalue weighted by molar-refractivity contribution is -0.120. The molecule has 0 radical (unpaired) electrons. The van der Waals surface area contributed by atoms with Crippen molar-refractivity contribution in [2.75, 3.05) is 6.54 Å². The summed E-state index contributed by atoms with van der Waals surface area (Å²) in [4.78, 5) is 48.0. The molecular weight excluding hydrogens is 408 g/mol. The maximum Gasteiger partial charge on any atom is 0.249 e. The van der Waals surface area contributed by atoms with Crippen molar-refractivity contribution in [3.8, 4) is 0 Å². The van der Waals surface area contributed by atoms with Crippen LogP contribution in [0, 0.1) is 0 Å². The van der Waals surface area contributed by atoms with Gasteiger partial charge in [0.1, 0.15) is 11.6 Å². The molecule has 7 N–H and O–H groups in total. The first-order valence-electron chi connectivity index (χ1n) is 11.3. The molecule has 0 spiro atoms. The maximum absolute atomic E-state index is 12.5. The van der Waals surface area contributed by atoms with E-state index in [0.717, 1.165) is 32.1 Å². The predicted molar refractivity (Wildman–Crippen MR) is 124 cm³/mol. The van der Waals surface area contributed by atoms with Crippen molar-refractivity contribution in [3.05, 3.63) is 40.6 Å². The molecule has 0 aliphatic carbocycles. The number of amides is 3.